The van der Waals surface area contributed by atoms with Crippen LogP contribution >= 0.6 is 24.2 Å². The van der Waals surface area contributed by atoms with Gasteiger partial charge in [0, 0.05) is 44.1 Å². The van der Waals surface area contributed by atoms with Crippen molar-refractivity contribution in [3.05, 3.63) is 12.7 Å². The van der Waals surface area contributed by atoms with Gasteiger partial charge in [-0.05, 0) is 12.8 Å². The molecule has 100 valence electrons. The number of amides is 1. The summed E-state index contributed by atoms with van der Waals surface area (Å²) in [7, 11) is 1.89. The molecule has 0 bridgehead atoms. The largest absolute Gasteiger partial charge is 0.346 e. The molecule has 1 aliphatic heterocycles. The second kappa shape index (κ2) is 9.80. The number of carbonyl (C=O) groups excluding carboxylic acids is 1. The van der Waals surface area contributed by atoms with Crippen molar-refractivity contribution in [2.24, 2.45) is 0 Å². The first-order valence-corrected chi connectivity index (χ1v) is 7.05. The summed E-state index contributed by atoms with van der Waals surface area (Å²) in [4.78, 5) is 13.7. The maximum atomic E-state index is 11.9. The van der Waals surface area contributed by atoms with Crippen molar-refractivity contribution in [1.82, 2.24) is 10.2 Å². The minimum atomic E-state index is 0. The lowest BCUT2D eigenvalue weighted by Gasteiger charge is -2.25. The van der Waals surface area contributed by atoms with Crippen molar-refractivity contribution in [2.45, 2.75) is 25.3 Å². The molecule has 1 rings (SSSR count). The average Bonchev–Trinajstić information content (AvgIpc) is 2.30. The Balaban J connectivity index is 0.00000256. The lowest BCUT2D eigenvalue weighted by atomic mass is 10.2. The van der Waals surface area contributed by atoms with Crippen LogP contribution in [0.2, 0.25) is 0 Å². The van der Waals surface area contributed by atoms with Gasteiger partial charge in [-0.3, -0.25) is 4.79 Å². The first kappa shape index (κ1) is 16.8. The predicted molar refractivity (Wildman–Crippen MR) is 78.0 cm³/mol. The van der Waals surface area contributed by atoms with E-state index in [-0.39, 0.29) is 18.3 Å². The van der Waals surface area contributed by atoms with Gasteiger partial charge in [0.1, 0.15) is 0 Å². The molecule has 1 aliphatic rings. The number of carbonyl (C=O) groups is 1. The summed E-state index contributed by atoms with van der Waals surface area (Å²) in [5.41, 5.74) is 0. The minimum absolute atomic E-state index is 0. The predicted octanol–water partition coefficient (Wildman–Crippen LogP) is 1.93. The quantitative estimate of drug-likeness (QED) is 0.595. The molecule has 1 unspecified atom stereocenters. The summed E-state index contributed by atoms with van der Waals surface area (Å²) in [5.74, 6) is 2.48. The van der Waals surface area contributed by atoms with E-state index in [1.165, 1.54) is 5.75 Å². The third-order valence-corrected chi connectivity index (χ3v) is 3.88. The van der Waals surface area contributed by atoms with E-state index >= 15 is 0 Å². The molecule has 3 nitrogen and oxygen atoms in total. The fraction of sp³-hybridized carbons (Fsp3) is 0.750. The van der Waals surface area contributed by atoms with Gasteiger partial charge in [0.2, 0.25) is 5.91 Å². The van der Waals surface area contributed by atoms with E-state index in [0.717, 1.165) is 31.7 Å². The van der Waals surface area contributed by atoms with Gasteiger partial charge in [0.05, 0.1) is 0 Å². The van der Waals surface area contributed by atoms with Crippen LogP contribution in [0.1, 0.15) is 19.3 Å². The lowest BCUT2D eigenvalue weighted by molar-refractivity contribution is -0.130. The number of halogens is 1. The Morgan fingerprint density at radius 1 is 1.65 bits per heavy atom. The number of allylic oxidation sites excluding steroid dienone is 1. The van der Waals surface area contributed by atoms with Gasteiger partial charge in [-0.2, -0.15) is 11.8 Å². The standard InChI is InChI=1S/C12H22N2OS.ClH/c1-3-4-5-7-14(2)12(15)9-11-10-16-8-6-13-11;/h3,11,13H,1,4-10H2,2H3;1H. The zero-order chi connectivity index (χ0) is 11.8. The van der Waals surface area contributed by atoms with E-state index in [9.17, 15) is 4.79 Å². The lowest BCUT2D eigenvalue weighted by Crippen LogP contribution is -2.41. The molecule has 0 saturated carbocycles. The third-order valence-electron chi connectivity index (χ3n) is 2.75. The molecule has 5 heteroatoms. The highest BCUT2D eigenvalue weighted by Gasteiger charge is 2.18. The number of unbranched alkanes of at least 4 members (excludes halogenated alkanes) is 1. The topological polar surface area (TPSA) is 32.3 Å². The van der Waals surface area contributed by atoms with E-state index in [2.05, 4.69) is 11.9 Å². The maximum Gasteiger partial charge on any atom is 0.223 e. The Morgan fingerprint density at radius 2 is 2.41 bits per heavy atom. The van der Waals surface area contributed by atoms with Crippen LogP contribution in [-0.2, 0) is 4.79 Å². The fourth-order valence-corrected chi connectivity index (χ4v) is 2.66. The molecule has 0 aromatic heterocycles. The van der Waals surface area contributed by atoms with Gasteiger partial charge in [0.25, 0.3) is 0 Å². The fourth-order valence-electron chi connectivity index (χ4n) is 1.71. The van der Waals surface area contributed by atoms with Gasteiger partial charge in [-0.1, -0.05) is 6.08 Å². The molecule has 1 saturated heterocycles. The highest BCUT2D eigenvalue weighted by atomic mass is 35.5. The van der Waals surface area contributed by atoms with Gasteiger partial charge in [-0.15, -0.1) is 19.0 Å². The third kappa shape index (κ3) is 6.96. The molecular formula is C12H23ClN2OS. The van der Waals surface area contributed by atoms with E-state index in [1.54, 1.807) is 0 Å². The van der Waals surface area contributed by atoms with Gasteiger partial charge in [0.15, 0.2) is 0 Å². The zero-order valence-electron chi connectivity index (χ0n) is 10.5. The molecule has 1 amide bonds. The van der Waals surface area contributed by atoms with Gasteiger partial charge >= 0.3 is 0 Å². The number of hydrogen-bond donors (Lipinski definition) is 1. The van der Waals surface area contributed by atoms with Crippen LogP contribution in [0.15, 0.2) is 12.7 Å². The van der Waals surface area contributed by atoms with Crippen LogP contribution in [0.5, 0.6) is 0 Å². The second-order valence-corrected chi connectivity index (χ2v) is 5.33. The molecule has 1 atom stereocenters. The molecule has 1 heterocycles. The van der Waals surface area contributed by atoms with Crippen molar-refractivity contribution in [2.75, 3.05) is 31.6 Å². The maximum absolute atomic E-state index is 11.9. The van der Waals surface area contributed by atoms with Crippen molar-refractivity contribution >= 4 is 30.1 Å². The Bertz CT molecular complexity index is 233. The van der Waals surface area contributed by atoms with Gasteiger partial charge in [-0.25, -0.2) is 0 Å². The van der Waals surface area contributed by atoms with Crippen molar-refractivity contribution in [3.63, 3.8) is 0 Å². The summed E-state index contributed by atoms with van der Waals surface area (Å²) in [6.07, 6.45) is 4.53. The normalized spacial score (nSPS) is 19.2. The second-order valence-electron chi connectivity index (χ2n) is 4.18. The van der Waals surface area contributed by atoms with Crippen molar-refractivity contribution < 1.29 is 4.79 Å². The van der Waals surface area contributed by atoms with Gasteiger partial charge < -0.3 is 10.2 Å². The highest BCUT2D eigenvalue weighted by Crippen LogP contribution is 2.11. The molecule has 0 aromatic carbocycles. The molecule has 17 heavy (non-hydrogen) atoms. The molecule has 0 aliphatic carbocycles. The van der Waals surface area contributed by atoms with Crippen LogP contribution in [0.3, 0.4) is 0 Å². The number of thioether (sulfide) groups is 1. The number of nitrogens with zero attached hydrogens (tertiary/aromatic N) is 1. The molecular weight excluding hydrogens is 256 g/mol. The Kier molecular flexibility index (Phi) is 9.69. The first-order chi connectivity index (χ1) is 7.74. The number of rotatable bonds is 6. The van der Waals surface area contributed by atoms with E-state index in [0.29, 0.717) is 12.5 Å². The van der Waals surface area contributed by atoms with Crippen LogP contribution in [0, 0.1) is 0 Å². The summed E-state index contributed by atoms with van der Waals surface area (Å²) in [6.45, 7) is 5.55. The molecule has 0 aromatic rings. The number of hydrogen-bond acceptors (Lipinski definition) is 3. The zero-order valence-corrected chi connectivity index (χ0v) is 12.1. The average molecular weight is 279 g/mol. The Morgan fingerprint density at radius 3 is 3.00 bits per heavy atom. The summed E-state index contributed by atoms with van der Waals surface area (Å²) in [6, 6.07) is 0.369. The van der Waals surface area contributed by atoms with Crippen molar-refractivity contribution in [1.29, 1.82) is 0 Å². The van der Waals surface area contributed by atoms with Crippen LogP contribution in [-0.4, -0.2) is 48.5 Å². The number of nitrogens with one attached hydrogen (secondary N) is 1. The molecule has 1 N–H and O–H groups in total. The minimum Gasteiger partial charge on any atom is -0.346 e. The Hall–Kier alpha value is -0.190. The SMILES string of the molecule is C=CCCCN(C)C(=O)CC1CSCCN1.Cl. The van der Waals surface area contributed by atoms with E-state index in [4.69, 9.17) is 0 Å². The van der Waals surface area contributed by atoms with Crippen LogP contribution in [0.25, 0.3) is 0 Å². The molecule has 0 radical (unpaired) electrons. The molecule has 0 spiro atoms. The first-order valence-electron chi connectivity index (χ1n) is 5.90. The Labute approximate surface area is 115 Å². The summed E-state index contributed by atoms with van der Waals surface area (Å²) in [5, 5.41) is 3.39. The highest BCUT2D eigenvalue weighted by molar-refractivity contribution is 7.99. The van der Waals surface area contributed by atoms with Crippen LogP contribution < -0.4 is 5.32 Å². The van der Waals surface area contributed by atoms with E-state index < -0.39 is 0 Å². The summed E-state index contributed by atoms with van der Waals surface area (Å²) >= 11 is 1.93. The van der Waals surface area contributed by atoms with Crippen molar-refractivity contribution in [3.8, 4) is 0 Å². The van der Waals surface area contributed by atoms with E-state index in [1.807, 2.05) is 29.8 Å². The summed E-state index contributed by atoms with van der Waals surface area (Å²) < 4.78 is 0. The molecule has 1 fully saturated rings. The van der Waals surface area contributed by atoms with Crippen LogP contribution in [0.4, 0.5) is 0 Å². The smallest absolute Gasteiger partial charge is 0.223 e. The monoisotopic (exact) mass is 278 g/mol.